The Bertz CT molecular complexity index is 556. The average molecular weight is 271 g/mol. The Morgan fingerprint density at radius 2 is 2.11 bits per heavy atom. The summed E-state index contributed by atoms with van der Waals surface area (Å²) >= 11 is 1.66. The molecule has 0 bridgehead atoms. The molecule has 3 nitrogen and oxygen atoms in total. The molecule has 2 rings (SSSR count). The van der Waals surface area contributed by atoms with Crippen molar-refractivity contribution < 1.29 is 0 Å². The van der Waals surface area contributed by atoms with Gasteiger partial charge in [-0.05, 0) is 19.5 Å². The first-order valence-electron chi connectivity index (χ1n) is 6.24. The van der Waals surface area contributed by atoms with Gasteiger partial charge in [0.2, 0.25) is 0 Å². The maximum Gasteiger partial charge on any atom is 0.0897 e. The fourth-order valence-corrected chi connectivity index (χ4v) is 2.74. The highest BCUT2D eigenvalue weighted by Gasteiger charge is 2.17. The van der Waals surface area contributed by atoms with Crippen LogP contribution in [-0.2, 0) is 6.54 Å². The number of hydrogen-bond donors (Lipinski definition) is 0. The summed E-state index contributed by atoms with van der Waals surface area (Å²) in [5.41, 5.74) is 2.25. The van der Waals surface area contributed by atoms with Gasteiger partial charge in [0.25, 0.3) is 0 Å². The van der Waals surface area contributed by atoms with Gasteiger partial charge in [-0.15, -0.1) is 11.3 Å². The van der Waals surface area contributed by atoms with E-state index < -0.39 is 0 Å². The van der Waals surface area contributed by atoms with Gasteiger partial charge in [-0.2, -0.15) is 5.26 Å². The largest absolute Gasteiger partial charge is 0.292 e. The minimum absolute atomic E-state index is 0.119. The molecule has 0 aliphatic heterocycles. The summed E-state index contributed by atoms with van der Waals surface area (Å²) in [6.45, 7) is 2.78. The van der Waals surface area contributed by atoms with Crippen LogP contribution in [0.5, 0.6) is 0 Å². The van der Waals surface area contributed by atoms with E-state index in [1.165, 1.54) is 5.56 Å². The van der Waals surface area contributed by atoms with Crippen LogP contribution in [0.2, 0.25) is 0 Å². The van der Waals surface area contributed by atoms with Crippen LogP contribution in [0, 0.1) is 18.3 Å². The van der Waals surface area contributed by atoms with Crippen molar-refractivity contribution in [1.29, 1.82) is 5.26 Å². The lowest BCUT2D eigenvalue weighted by atomic mass is 10.0. The standard InChI is InChI=1S/C15H17N3S/c1-12-17-14(11-19-12)10-18(2)15(8-9-16)13-6-4-3-5-7-13/h3-7,11,15H,8,10H2,1-2H3. The summed E-state index contributed by atoms with van der Waals surface area (Å²) in [4.78, 5) is 6.67. The minimum atomic E-state index is 0.119. The van der Waals surface area contributed by atoms with Crippen molar-refractivity contribution in [3.05, 3.63) is 52.0 Å². The Morgan fingerprint density at radius 1 is 1.37 bits per heavy atom. The first-order valence-corrected chi connectivity index (χ1v) is 7.12. The fourth-order valence-electron chi connectivity index (χ4n) is 2.14. The third-order valence-electron chi connectivity index (χ3n) is 3.08. The predicted molar refractivity (Wildman–Crippen MR) is 77.7 cm³/mol. The van der Waals surface area contributed by atoms with Gasteiger partial charge < -0.3 is 0 Å². The highest BCUT2D eigenvalue weighted by atomic mass is 32.1. The smallest absolute Gasteiger partial charge is 0.0897 e. The van der Waals surface area contributed by atoms with E-state index in [1.807, 2.05) is 32.2 Å². The van der Waals surface area contributed by atoms with Gasteiger partial charge in [-0.1, -0.05) is 30.3 Å². The molecule has 0 amide bonds. The highest BCUT2D eigenvalue weighted by Crippen LogP contribution is 2.24. The van der Waals surface area contributed by atoms with E-state index in [1.54, 1.807) is 11.3 Å². The molecule has 4 heteroatoms. The Labute approximate surface area is 118 Å². The first kappa shape index (κ1) is 13.7. The van der Waals surface area contributed by atoms with Crippen molar-refractivity contribution in [3.63, 3.8) is 0 Å². The van der Waals surface area contributed by atoms with Crippen molar-refractivity contribution in [2.75, 3.05) is 7.05 Å². The van der Waals surface area contributed by atoms with E-state index >= 15 is 0 Å². The highest BCUT2D eigenvalue weighted by molar-refractivity contribution is 7.09. The maximum atomic E-state index is 9.03. The van der Waals surface area contributed by atoms with E-state index in [2.05, 4.69) is 33.5 Å². The molecule has 0 spiro atoms. The summed E-state index contributed by atoms with van der Waals surface area (Å²) in [5.74, 6) is 0. The molecule has 1 aromatic heterocycles. The number of rotatable bonds is 5. The van der Waals surface area contributed by atoms with Gasteiger partial charge in [0.1, 0.15) is 0 Å². The molecule has 0 aliphatic rings. The van der Waals surface area contributed by atoms with Crippen molar-refractivity contribution in [2.45, 2.75) is 25.9 Å². The number of aromatic nitrogens is 1. The number of nitrogens with zero attached hydrogens (tertiary/aromatic N) is 3. The lowest BCUT2D eigenvalue weighted by Gasteiger charge is -2.25. The fraction of sp³-hybridized carbons (Fsp3) is 0.333. The van der Waals surface area contributed by atoms with Gasteiger partial charge in [0, 0.05) is 18.0 Å². The van der Waals surface area contributed by atoms with E-state index in [-0.39, 0.29) is 6.04 Å². The third kappa shape index (κ3) is 3.63. The van der Waals surface area contributed by atoms with Gasteiger partial charge in [0.15, 0.2) is 0 Å². The van der Waals surface area contributed by atoms with Crippen LogP contribution in [0.1, 0.15) is 28.7 Å². The third-order valence-corrected chi connectivity index (χ3v) is 3.90. The Hall–Kier alpha value is -1.70. The molecule has 98 valence electrons. The SMILES string of the molecule is Cc1nc(CN(C)C(CC#N)c2ccccc2)cs1. The number of aryl methyl sites for hydroxylation is 1. The number of hydrogen-bond acceptors (Lipinski definition) is 4. The van der Waals surface area contributed by atoms with Crippen molar-refractivity contribution in [1.82, 2.24) is 9.88 Å². The number of benzene rings is 1. The zero-order chi connectivity index (χ0) is 13.7. The molecule has 0 radical (unpaired) electrons. The van der Waals surface area contributed by atoms with E-state index in [4.69, 9.17) is 5.26 Å². The predicted octanol–water partition coefficient (Wildman–Crippen LogP) is 3.54. The lowest BCUT2D eigenvalue weighted by molar-refractivity contribution is 0.237. The summed E-state index contributed by atoms with van der Waals surface area (Å²) in [7, 11) is 2.05. The summed E-state index contributed by atoms with van der Waals surface area (Å²) in [6, 6.07) is 12.6. The molecule has 0 saturated carbocycles. The molecule has 0 N–H and O–H groups in total. The second-order valence-corrected chi connectivity index (χ2v) is 5.62. The van der Waals surface area contributed by atoms with Crippen LogP contribution in [-0.4, -0.2) is 16.9 Å². The van der Waals surface area contributed by atoms with E-state index in [9.17, 15) is 0 Å². The average Bonchev–Trinajstić information content (AvgIpc) is 2.82. The summed E-state index contributed by atoms with van der Waals surface area (Å²) in [5, 5.41) is 12.2. The number of thiazole rings is 1. The van der Waals surface area contributed by atoms with Gasteiger partial charge in [-0.25, -0.2) is 4.98 Å². The maximum absolute atomic E-state index is 9.03. The second-order valence-electron chi connectivity index (χ2n) is 4.56. The normalized spacial score (nSPS) is 12.3. The van der Waals surface area contributed by atoms with Crippen molar-refractivity contribution >= 4 is 11.3 Å². The molecular formula is C15H17N3S. The monoisotopic (exact) mass is 271 g/mol. The van der Waals surface area contributed by atoms with Crippen LogP contribution in [0.25, 0.3) is 0 Å². The van der Waals surface area contributed by atoms with Crippen molar-refractivity contribution in [2.24, 2.45) is 0 Å². The van der Waals surface area contributed by atoms with E-state index in [0.717, 1.165) is 17.2 Å². The number of nitriles is 1. The second kappa shape index (κ2) is 6.46. The Morgan fingerprint density at radius 3 is 2.68 bits per heavy atom. The van der Waals surface area contributed by atoms with Crippen molar-refractivity contribution in [3.8, 4) is 6.07 Å². The van der Waals surface area contributed by atoms with Gasteiger partial charge >= 0.3 is 0 Å². The molecule has 1 aromatic carbocycles. The molecular weight excluding hydrogens is 254 g/mol. The summed E-state index contributed by atoms with van der Waals surface area (Å²) < 4.78 is 0. The Kier molecular flexibility index (Phi) is 4.67. The van der Waals surface area contributed by atoms with Gasteiger partial charge in [0.05, 0.1) is 23.2 Å². The molecule has 0 aliphatic carbocycles. The molecule has 1 unspecified atom stereocenters. The van der Waals surface area contributed by atoms with Crippen LogP contribution >= 0.6 is 11.3 Å². The van der Waals surface area contributed by atoms with Crippen LogP contribution in [0.15, 0.2) is 35.7 Å². The molecule has 1 heterocycles. The Balaban J connectivity index is 2.13. The topological polar surface area (TPSA) is 39.9 Å². The first-order chi connectivity index (χ1) is 9.20. The van der Waals surface area contributed by atoms with E-state index in [0.29, 0.717) is 6.42 Å². The van der Waals surface area contributed by atoms with Crippen LogP contribution < -0.4 is 0 Å². The molecule has 0 saturated heterocycles. The molecule has 0 fully saturated rings. The molecule has 19 heavy (non-hydrogen) atoms. The van der Waals surface area contributed by atoms with Gasteiger partial charge in [-0.3, -0.25) is 4.90 Å². The minimum Gasteiger partial charge on any atom is -0.292 e. The molecule has 2 aromatic rings. The lowest BCUT2D eigenvalue weighted by Crippen LogP contribution is -2.24. The van der Waals surface area contributed by atoms with Crippen LogP contribution in [0.4, 0.5) is 0 Å². The van der Waals surface area contributed by atoms with Crippen LogP contribution in [0.3, 0.4) is 0 Å². The quantitative estimate of drug-likeness (QED) is 0.835. The summed E-state index contributed by atoms with van der Waals surface area (Å²) in [6.07, 6.45) is 0.490. The zero-order valence-electron chi connectivity index (χ0n) is 11.2. The molecule has 1 atom stereocenters. The zero-order valence-corrected chi connectivity index (χ0v) is 12.0.